The van der Waals surface area contributed by atoms with Crippen LogP contribution in [0.15, 0.2) is 60.7 Å². The Labute approximate surface area is 128 Å². The summed E-state index contributed by atoms with van der Waals surface area (Å²) in [7, 11) is 0. The van der Waals surface area contributed by atoms with Crippen LogP contribution in [-0.2, 0) is 12.8 Å². The molecule has 0 saturated heterocycles. The predicted octanol–water partition coefficient (Wildman–Crippen LogP) is 3.30. The summed E-state index contributed by atoms with van der Waals surface area (Å²) in [4.78, 5) is 0. The molecule has 0 aliphatic heterocycles. The van der Waals surface area contributed by atoms with Crippen molar-refractivity contribution in [3.05, 3.63) is 71.8 Å². The van der Waals surface area contributed by atoms with Gasteiger partial charge in [0.05, 0.1) is 0 Å². The van der Waals surface area contributed by atoms with Crippen LogP contribution in [0.5, 0.6) is 0 Å². The molecule has 0 saturated carbocycles. The number of benzene rings is 2. The summed E-state index contributed by atoms with van der Waals surface area (Å²) in [5.41, 5.74) is 14.8. The molecule has 0 heterocycles. The molecule has 21 heavy (non-hydrogen) atoms. The van der Waals surface area contributed by atoms with Crippen LogP contribution >= 0.6 is 0 Å². The second kappa shape index (κ2) is 7.96. The molecule has 2 heteroatoms. The summed E-state index contributed by atoms with van der Waals surface area (Å²) in [5, 5.41) is 0. The van der Waals surface area contributed by atoms with Crippen molar-refractivity contribution in [1.82, 2.24) is 0 Å². The van der Waals surface area contributed by atoms with Gasteiger partial charge < -0.3 is 11.5 Å². The number of hydrogen-bond acceptors (Lipinski definition) is 2. The molecule has 4 N–H and O–H groups in total. The molecular formula is C19H26N2. The molecule has 0 radical (unpaired) electrons. The Morgan fingerprint density at radius 3 is 1.62 bits per heavy atom. The minimum Gasteiger partial charge on any atom is -0.330 e. The molecule has 2 aromatic rings. The fourth-order valence-electron chi connectivity index (χ4n) is 2.87. The fourth-order valence-corrected chi connectivity index (χ4v) is 2.87. The number of rotatable bonds is 8. The quantitative estimate of drug-likeness (QED) is 0.730. The molecule has 0 unspecified atom stereocenters. The van der Waals surface area contributed by atoms with E-state index >= 15 is 0 Å². The van der Waals surface area contributed by atoms with E-state index in [2.05, 4.69) is 48.5 Å². The first-order chi connectivity index (χ1) is 10.2. The molecule has 0 bridgehead atoms. The van der Waals surface area contributed by atoms with Crippen molar-refractivity contribution in [1.29, 1.82) is 0 Å². The highest BCUT2D eigenvalue weighted by Crippen LogP contribution is 2.22. The van der Waals surface area contributed by atoms with Crippen LogP contribution in [0.2, 0.25) is 0 Å². The van der Waals surface area contributed by atoms with E-state index in [1.165, 1.54) is 11.1 Å². The first-order valence-electron chi connectivity index (χ1n) is 7.79. The van der Waals surface area contributed by atoms with E-state index in [-0.39, 0.29) is 5.54 Å². The topological polar surface area (TPSA) is 52.0 Å². The van der Waals surface area contributed by atoms with E-state index in [0.29, 0.717) is 0 Å². The highest BCUT2D eigenvalue weighted by molar-refractivity contribution is 5.22. The highest BCUT2D eigenvalue weighted by Gasteiger charge is 2.25. The number of unbranched alkanes of at least 4 members (excludes halogenated alkanes) is 1. The molecule has 0 spiro atoms. The smallest absolute Gasteiger partial charge is 0.0235 e. The monoisotopic (exact) mass is 282 g/mol. The van der Waals surface area contributed by atoms with Crippen molar-refractivity contribution in [2.45, 2.75) is 37.6 Å². The molecule has 112 valence electrons. The van der Waals surface area contributed by atoms with Gasteiger partial charge in [-0.25, -0.2) is 0 Å². The standard InChI is InChI=1S/C19H26N2/c20-14-8-7-13-19(21,15-17-9-3-1-4-10-17)16-18-11-5-2-6-12-18/h1-6,9-12H,7-8,13-16,20-21H2. The first-order valence-corrected chi connectivity index (χ1v) is 7.79. The molecule has 2 aromatic carbocycles. The summed E-state index contributed by atoms with van der Waals surface area (Å²) < 4.78 is 0. The zero-order chi connectivity index (χ0) is 15.0. The van der Waals surface area contributed by atoms with E-state index in [1.54, 1.807) is 0 Å². The lowest BCUT2D eigenvalue weighted by atomic mass is 9.81. The van der Waals surface area contributed by atoms with Gasteiger partial charge in [0.2, 0.25) is 0 Å². The molecule has 2 nitrogen and oxygen atoms in total. The van der Waals surface area contributed by atoms with Gasteiger partial charge in [0.15, 0.2) is 0 Å². The molecule has 0 fully saturated rings. The summed E-state index contributed by atoms with van der Waals surface area (Å²) in [6, 6.07) is 21.1. The lowest BCUT2D eigenvalue weighted by molar-refractivity contribution is 0.372. The zero-order valence-corrected chi connectivity index (χ0v) is 12.7. The van der Waals surface area contributed by atoms with Crippen LogP contribution in [0.25, 0.3) is 0 Å². The Hall–Kier alpha value is -1.64. The predicted molar refractivity (Wildman–Crippen MR) is 90.1 cm³/mol. The summed E-state index contributed by atoms with van der Waals surface area (Å²) in [5.74, 6) is 0. The van der Waals surface area contributed by atoms with E-state index < -0.39 is 0 Å². The number of nitrogens with two attached hydrogens (primary N) is 2. The van der Waals surface area contributed by atoms with Crippen molar-refractivity contribution in [3.8, 4) is 0 Å². The number of hydrogen-bond donors (Lipinski definition) is 2. The lowest BCUT2D eigenvalue weighted by Crippen LogP contribution is -2.44. The Morgan fingerprint density at radius 1 is 0.714 bits per heavy atom. The van der Waals surface area contributed by atoms with Crippen LogP contribution in [0.4, 0.5) is 0 Å². The Kier molecular flexibility index (Phi) is 5.97. The Balaban J connectivity index is 2.09. The van der Waals surface area contributed by atoms with Gasteiger partial charge >= 0.3 is 0 Å². The molecular weight excluding hydrogens is 256 g/mol. The molecule has 2 rings (SSSR count). The van der Waals surface area contributed by atoms with E-state index in [0.717, 1.165) is 38.6 Å². The maximum Gasteiger partial charge on any atom is 0.0235 e. The second-order valence-corrected chi connectivity index (χ2v) is 5.93. The van der Waals surface area contributed by atoms with Crippen LogP contribution in [0, 0.1) is 0 Å². The van der Waals surface area contributed by atoms with Crippen LogP contribution < -0.4 is 11.5 Å². The summed E-state index contributed by atoms with van der Waals surface area (Å²) in [6.45, 7) is 0.743. The Bertz CT molecular complexity index is 466. The summed E-state index contributed by atoms with van der Waals surface area (Å²) >= 11 is 0. The van der Waals surface area contributed by atoms with Gasteiger partial charge in [0.1, 0.15) is 0 Å². The van der Waals surface area contributed by atoms with Crippen molar-refractivity contribution < 1.29 is 0 Å². The third-order valence-electron chi connectivity index (χ3n) is 3.93. The fraction of sp³-hybridized carbons (Fsp3) is 0.368. The third-order valence-corrected chi connectivity index (χ3v) is 3.93. The minimum absolute atomic E-state index is 0.197. The molecule has 0 aliphatic carbocycles. The van der Waals surface area contributed by atoms with Gasteiger partial charge in [-0.2, -0.15) is 0 Å². The molecule has 0 atom stereocenters. The second-order valence-electron chi connectivity index (χ2n) is 5.93. The van der Waals surface area contributed by atoms with Crippen molar-refractivity contribution in [3.63, 3.8) is 0 Å². The molecule has 0 amide bonds. The highest BCUT2D eigenvalue weighted by atomic mass is 14.7. The van der Waals surface area contributed by atoms with Crippen LogP contribution in [-0.4, -0.2) is 12.1 Å². The van der Waals surface area contributed by atoms with Gasteiger partial charge in [0, 0.05) is 5.54 Å². The van der Waals surface area contributed by atoms with Gasteiger partial charge in [-0.15, -0.1) is 0 Å². The average Bonchev–Trinajstić information content (AvgIpc) is 2.49. The lowest BCUT2D eigenvalue weighted by Gasteiger charge is -2.30. The van der Waals surface area contributed by atoms with Gasteiger partial charge in [-0.3, -0.25) is 0 Å². The Morgan fingerprint density at radius 2 is 1.19 bits per heavy atom. The van der Waals surface area contributed by atoms with Crippen molar-refractivity contribution in [2.75, 3.05) is 6.54 Å². The van der Waals surface area contributed by atoms with E-state index in [4.69, 9.17) is 11.5 Å². The minimum atomic E-state index is -0.197. The van der Waals surface area contributed by atoms with Crippen LogP contribution in [0.1, 0.15) is 30.4 Å². The van der Waals surface area contributed by atoms with Gasteiger partial charge in [-0.1, -0.05) is 67.1 Å². The normalized spacial score (nSPS) is 11.5. The SMILES string of the molecule is NCCCCC(N)(Cc1ccccc1)Cc1ccccc1. The van der Waals surface area contributed by atoms with Crippen molar-refractivity contribution in [2.24, 2.45) is 11.5 Å². The average molecular weight is 282 g/mol. The third kappa shape index (κ3) is 5.33. The molecule has 0 aliphatic rings. The molecule has 0 aromatic heterocycles. The van der Waals surface area contributed by atoms with Crippen molar-refractivity contribution >= 4 is 0 Å². The zero-order valence-electron chi connectivity index (χ0n) is 12.7. The van der Waals surface area contributed by atoms with Crippen LogP contribution in [0.3, 0.4) is 0 Å². The maximum atomic E-state index is 6.76. The van der Waals surface area contributed by atoms with Gasteiger partial charge in [-0.05, 0) is 43.4 Å². The first kappa shape index (κ1) is 15.7. The summed E-state index contributed by atoms with van der Waals surface area (Å²) in [6.07, 6.45) is 4.96. The largest absolute Gasteiger partial charge is 0.330 e. The van der Waals surface area contributed by atoms with E-state index in [1.807, 2.05) is 12.1 Å². The van der Waals surface area contributed by atoms with Gasteiger partial charge in [0.25, 0.3) is 0 Å². The maximum absolute atomic E-state index is 6.76. The van der Waals surface area contributed by atoms with E-state index in [9.17, 15) is 0 Å².